The van der Waals surface area contributed by atoms with Crippen molar-refractivity contribution >= 4 is 35.2 Å². The second-order valence-corrected chi connectivity index (χ2v) is 8.87. The van der Waals surface area contributed by atoms with Crippen molar-refractivity contribution in [2.75, 3.05) is 54.4 Å². The van der Waals surface area contributed by atoms with Crippen LogP contribution in [-0.4, -0.2) is 69.5 Å². The lowest BCUT2D eigenvalue weighted by molar-refractivity contribution is -0.133. The van der Waals surface area contributed by atoms with Gasteiger partial charge in [-0.1, -0.05) is 0 Å². The third kappa shape index (κ3) is 5.05. The maximum atomic E-state index is 12.4. The summed E-state index contributed by atoms with van der Waals surface area (Å²) in [6.07, 6.45) is 4.76. The number of aldehydes is 1. The summed E-state index contributed by atoms with van der Waals surface area (Å²) in [6.45, 7) is 5.27. The zero-order chi connectivity index (χ0) is 22.5. The van der Waals surface area contributed by atoms with Crippen LogP contribution >= 0.6 is 0 Å². The quantitative estimate of drug-likeness (QED) is 0.353. The van der Waals surface area contributed by atoms with Crippen LogP contribution in [0.15, 0.2) is 12.1 Å². The van der Waals surface area contributed by atoms with Gasteiger partial charge in [0.05, 0.1) is 11.4 Å². The van der Waals surface area contributed by atoms with Crippen molar-refractivity contribution in [2.24, 2.45) is 5.73 Å². The molecule has 3 fully saturated rings. The second kappa shape index (κ2) is 10.3. The molecule has 0 spiro atoms. The zero-order valence-corrected chi connectivity index (χ0v) is 18.6. The molecule has 0 aliphatic carbocycles. The Hall–Kier alpha value is -2.65. The van der Waals surface area contributed by atoms with Gasteiger partial charge in [-0.25, -0.2) is 0 Å². The molecule has 32 heavy (non-hydrogen) atoms. The number of carbonyl (C=O) groups excluding carboxylic acids is 3. The average molecular weight is 443 g/mol. The van der Waals surface area contributed by atoms with Crippen molar-refractivity contribution in [2.45, 2.75) is 50.6 Å². The van der Waals surface area contributed by atoms with Crippen molar-refractivity contribution in [1.82, 2.24) is 10.6 Å². The minimum absolute atomic E-state index is 0.222. The van der Waals surface area contributed by atoms with Crippen molar-refractivity contribution < 1.29 is 14.4 Å². The predicted octanol–water partition coefficient (Wildman–Crippen LogP) is 0.372. The molecule has 3 aliphatic rings. The van der Waals surface area contributed by atoms with E-state index in [0.717, 1.165) is 81.0 Å². The summed E-state index contributed by atoms with van der Waals surface area (Å²) >= 11 is 0. The van der Waals surface area contributed by atoms with Crippen molar-refractivity contribution in [3.05, 3.63) is 17.7 Å². The number of piperidine rings is 2. The van der Waals surface area contributed by atoms with Crippen molar-refractivity contribution in [3.63, 3.8) is 0 Å². The maximum absolute atomic E-state index is 12.4. The minimum atomic E-state index is -0.452. The van der Waals surface area contributed by atoms with Gasteiger partial charge in [0.1, 0.15) is 12.3 Å². The molecular formula is C23H34N6O3. The Morgan fingerprint density at radius 2 is 1.81 bits per heavy atom. The number of carbonyl (C=O) groups is 3. The number of nitrogens with zero attached hydrogens (tertiary/aromatic N) is 2. The SMILES string of the molecule is NC1CCN(c2ccc(NC3CCC(=O)NC3=O)c(N3CCNCC3)c2CCC=O)CC1. The van der Waals surface area contributed by atoms with Gasteiger partial charge in [-0.2, -0.15) is 0 Å². The van der Waals surface area contributed by atoms with Gasteiger partial charge in [0.15, 0.2) is 0 Å². The molecule has 3 aliphatic heterocycles. The molecule has 0 aromatic heterocycles. The molecule has 2 amide bonds. The molecule has 0 radical (unpaired) electrons. The lowest BCUT2D eigenvalue weighted by Gasteiger charge is -2.38. The number of hydrogen-bond donors (Lipinski definition) is 4. The molecule has 1 unspecified atom stereocenters. The number of nitrogens with two attached hydrogens (primary N) is 1. The van der Waals surface area contributed by atoms with E-state index in [1.54, 1.807) is 0 Å². The number of nitrogens with one attached hydrogen (secondary N) is 3. The first-order chi connectivity index (χ1) is 15.6. The average Bonchev–Trinajstić information content (AvgIpc) is 2.80. The van der Waals surface area contributed by atoms with Crippen LogP contribution in [0.25, 0.3) is 0 Å². The molecule has 1 aromatic carbocycles. The summed E-state index contributed by atoms with van der Waals surface area (Å²) in [6, 6.07) is 3.95. The van der Waals surface area contributed by atoms with Crippen LogP contribution in [0.3, 0.4) is 0 Å². The first-order valence-electron chi connectivity index (χ1n) is 11.7. The molecule has 9 nitrogen and oxygen atoms in total. The van der Waals surface area contributed by atoms with Crippen LogP contribution in [-0.2, 0) is 20.8 Å². The molecule has 5 N–H and O–H groups in total. The molecule has 0 bridgehead atoms. The van der Waals surface area contributed by atoms with Crippen molar-refractivity contribution in [1.29, 1.82) is 0 Å². The van der Waals surface area contributed by atoms with Gasteiger partial charge in [0.2, 0.25) is 11.8 Å². The fraction of sp³-hybridized carbons (Fsp3) is 0.609. The molecule has 0 saturated carbocycles. The molecule has 1 aromatic rings. The van der Waals surface area contributed by atoms with E-state index in [2.05, 4.69) is 37.9 Å². The van der Waals surface area contributed by atoms with E-state index in [1.165, 1.54) is 0 Å². The van der Waals surface area contributed by atoms with Gasteiger partial charge < -0.3 is 31.0 Å². The topological polar surface area (TPSA) is 120 Å². The van der Waals surface area contributed by atoms with E-state index in [1.807, 2.05) is 0 Å². The van der Waals surface area contributed by atoms with Gasteiger partial charge in [-0.05, 0) is 37.8 Å². The molecule has 3 heterocycles. The lowest BCUT2D eigenvalue weighted by atomic mass is 9.97. The van der Waals surface area contributed by atoms with Gasteiger partial charge >= 0.3 is 0 Å². The first kappa shape index (κ1) is 22.5. The summed E-state index contributed by atoms with van der Waals surface area (Å²) in [5.41, 5.74) is 10.4. The number of imide groups is 1. The molecular weight excluding hydrogens is 408 g/mol. The number of piperazine rings is 1. The highest BCUT2D eigenvalue weighted by atomic mass is 16.2. The molecule has 3 saturated heterocycles. The smallest absolute Gasteiger partial charge is 0.249 e. The van der Waals surface area contributed by atoms with E-state index < -0.39 is 6.04 Å². The first-order valence-corrected chi connectivity index (χ1v) is 11.7. The fourth-order valence-electron chi connectivity index (χ4n) is 4.90. The normalized spacial score (nSPS) is 22.6. The molecule has 4 rings (SSSR count). The number of anilines is 3. The van der Waals surface area contributed by atoms with E-state index in [9.17, 15) is 14.4 Å². The zero-order valence-electron chi connectivity index (χ0n) is 18.6. The predicted molar refractivity (Wildman–Crippen MR) is 125 cm³/mol. The minimum Gasteiger partial charge on any atom is -0.372 e. The summed E-state index contributed by atoms with van der Waals surface area (Å²) in [5.74, 6) is -0.503. The molecule has 1 atom stereocenters. The molecule has 174 valence electrons. The van der Waals surface area contributed by atoms with Crippen LogP contribution in [0, 0.1) is 0 Å². The summed E-state index contributed by atoms with van der Waals surface area (Å²) in [5, 5.41) is 9.25. The van der Waals surface area contributed by atoms with E-state index in [-0.39, 0.29) is 17.9 Å². The van der Waals surface area contributed by atoms with Gasteiger partial charge in [-0.15, -0.1) is 0 Å². The van der Waals surface area contributed by atoms with Gasteiger partial charge in [-0.3, -0.25) is 14.9 Å². The van der Waals surface area contributed by atoms with E-state index in [4.69, 9.17) is 5.73 Å². The Balaban J connectivity index is 1.72. The Bertz CT molecular complexity index is 846. The van der Waals surface area contributed by atoms with Crippen LogP contribution in [0.1, 0.15) is 37.7 Å². The maximum Gasteiger partial charge on any atom is 0.249 e. The highest BCUT2D eigenvalue weighted by molar-refractivity contribution is 6.02. The van der Waals surface area contributed by atoms with Crippen LogP contribution in [0.4, 0.5) is 17.1 Å². The summed E-state index contributed by atoms with van der Waals surface area (Å²) in [4.78, 5) is 40.0. The Kier molecular flexibility index (Phi) is 7.26. The van der Waals surface area contributed by atoms with Crippen molar-refractivity contribution in [3.8, 4) is 0 Å². The number of benzene rings is 1. The highest BCUT2D eigenvalue weighted by Crippen LogP contribution is 2.39. The second-order valence-electron chi connectivity index (χ2n) is 8.87. The monoisotopic (exact) mass is 442 g/mol. The van der Waals surface area contributed by atoms with Crippen LogP contribution in [0.5, 0.6) is 0 Å². The Labute approximate surface area is 189 Å². The molecule has 9 heteroatoms. The Morgan fingerprint density at radius 1 is 1.06 bits per heavy atom. The summed E-state index contributed by atoms with van der Waals surface area (Å²) < 4.78 is 0. The standard InChI is InChI=1S/C23H34N6O3/c24-16-7-11-28(12-8-16)20-5-3-18(26-19-4-6-21(31)27-23(19)32)22(17(20)2-1-15-30)29-13-9-25-10-14-29/h3,5,15-16,19,25-26H,1-2,4,6-14,24H2,(H,27,31,32). The number of rotatable bonds is 7. The van der Waals surface area contributed by atoms with Crippen LogP contribution < -0.4 is 31.5 Å². The third-order valence-corrected chi connectivity index (χ3v) is 6.65. The van der Waals surface area contributed by atoms with Gasteiger partial charge in [0.25, 0.3) is 0 Å². The fourth-order valence-corrected chi connectivity index (χ4v) is 4.90. The summed E-state index contributed by atoms with van der Waals surface area (Å²) in [7, 11) is 0. The number of amides is 2. The third-order valence-electron chi connectivity index (χ3n) is 6.65. The highest BCUT2D eigenvalue weighted by Gasteiger charge is 2.30. The largest absolute Gasteiger partial charge is 0.372 e. The van der Waals surface area contributed by atoms with Crippen LogP contribution in [0.2, 0.25) is 0 Å². The van der Waals surface area contributed by atoms with Gasteiger partial charge in [0, 0.05) is 69.4 Å². The van der Waals surface area contributed by atoms with E-state index >= 15 is 0 Å². The number of hydrogen-bond acceptors (Lipinski definition) is 8. The Morgan fingerprint density at radius 3 is 2.50 bits per heavy atom. The van der Waals surface area contributed by atoms with E-state index in [0.29, 0.717) is 25.7 Å². The lowest BCUT2D eigenvalue weighted by Crippen LogP contribution is -2.48.